The molecule has 2 heterocycles. The maximum Gasteiger partial charge on any atom is 0.410 e. The van der Waals surface area contributed by atoms with Crippen LogP contribution < -0.4 is 5.32 Å². The molecule has 0 radical (unpaired) electrons. The first-order valence-corrected chi connectivity index (χ1v) is 10.3. The van der Waals surface area contributed by atoms with Gasteiger partial charge in [0.25, 0.3) is 5.91 Å². The van der Waals surface area contributed by atoms with Crippen LogP contribution in [0.4, 0.5) is 4.79 Å². The summed E-state index contributed by atoms with van der Waals surface area (Å²) in [4.78, 5) is 28.8. The van der Waals surface area contributed by atoms with E-state index >= 15 is 0 Å². The van der Waals surface area contributed by atoms with Gasteiger partial charge in [-0.05, 0) is 31.9 Å². The molecule has 1 N–H and O–H groups in total. The second-order valence-electron chi connectivity index (χ2n) is 6.74. The molecule has 2 aliphatic heterocycles. The van der Waals surface area contributed by atoms with Gasteiger partial charge in [0.15, 0.2) is 6.10 Å². The maximum atomic E-state index is 12.8. The van der Waals surface area contributed by atoms with E-state index in [1.165, 1.54) is 0 Å². The Bertz CT molecular complexity index is 525. The monoisotopic (exact) mass is 384 g/mol. The van der Waals surface area contributed by atoms with Crippen molar-refractivity contribution in [2.24, 2.45) is 0 Å². The highest BCUT2D eigenvalue weighted by molar-refractivity contribution is 7.98. The van der Waals surface area contributed by atoms with Gasteiger partial charge in [0.1, 0.15) is 5.54 Å². The van der Waals surface area contributed by atoms with Gasteiger partial charge in [-0.3, -0.25) is 4.79 Å². The Morgan fingerprint density at radius 2 is 1.96 bits per heavy atom. The molecule has 8 nitrogen and oxygen atoms in total. The Kier molecular flexibility index (Phi) is 8.00. The van der Waals surface area contributed by atoms with Gasteiger partial charge in [0, 0.05) is 32.6 Å². The van der Waals surface area contributed by atoms with E-state index in [2.05, 4.69) is 16.3 Å². The van der Waals surface area contributed by atoms with Crippen LogP contribution in [0.25, 0.3) is 0 Å². The Labute approximate surface area is 159 Å². The molecular formula is C17H28N4O4S. The SMILES string of the molecule is CSCC[C@H](OC(=O)N1CCOCC1)C(=O)NC1(C#N)CCN(C)CC1. The van der Waals surface area contributed by atoms with E-state index in [0.29, 0.717) is 51.3 Å². The normalized spacial score (nSPS) is 21.5. The van der Waals surface area contributed by atoms with E-state index in [4.69, 9.17) is 9.47 Å². The van der Waals surface area contributed by atoms with Crippen LogP contribution in [0.1, 0.15) is 19.3 Å². The molecule has 2 aliphatic rings. The first-order valence-electron chi connectivity index (χ1n) is 8.94. The van der Waals surface area contributed by atoms with Crippen LogP contribution in [-0.2, 0) is 14.3 Å². The van der Waals surface area contributed by atoms with Gasteiger partial charge in [-0.1, -0.05) is 0 Å². The number of rotatable bonds is 6. The average molecular weight is 385 g/mol. The molecule has 1 atom stereocenters. The average Bonchev–Trinajstić information content (AvgIpc) is 2.67. The molecule has 0 spiro atoms. The number of carbonyl (C=O) groups is 2. The van der Waals surface area contributed by atoms with E-state index in [9.17, 15) is 14.9 Å². The molecule has 0 aromatic carbocycles. The summed E-state index contributed by atoms with van der Waals surface area (Å²) in [5.74, 6) is 0.309. The van der Waals surface area contributed by atoms with Gasteiger partial charge in [-0.2, -0.15) is 17.0 Å². The number of nitrogens with zero attached hydrogens (tertiary/aromatic N) is 3. The van der Waals surface area contributed by atoms with Crippen LogP contribution in [-0.4, -0.2) is 91.9 Å². The number of morpholine rings is 1. The van der Waals surface area contributed by atoms with Crippen molar-refractivity contribution in [2.45, 2.75) is 30.9 Å². The molecule has 0 unspecified atom stereocenters. The Hall–Kier alpha value is -1.50. The van der Waals surface area contributed by atoms with E-state index in [1.54, 1.807) is 16.7 Å². The quantitative estimate of drug-likeness (QED) is 0.719. The molecule has 146 valence electrons. The van der Waals surface area contributed by atoms with Gasteiger partial charge in [0.05, 0.1) is 19.3 Å². The van der Waals surface area contributed by atoms with Crippen molar-refractivity contribution in [1.29, 1.82) is 5.26 Å². The molecule has 26 heavy (non-hydrogen) atoms. The first-order chi connectivity index (χ1) is 12.5. The standard InChI is InChI=1S/C17H28N4O4S/c1-20-6-4-17(13-18,5-7-20)19-15(22)14(3-12-26-2)25-16(23)21-8-10-24-11-9-21/h14H,3-12H2,1-2H3,(H,19,22)/t14-/m0/s1. The summed E-state index contributed by atoms with van der Waals surface area (Å²) in [5.41, 5.74) is -0.882. The van der Waals surface area contributed by atoms with Crippen molar-refractivity contribution < 1.29 is 19.1 Å². The third-order valence-electron chi connectivity index (χ3n) is 4.81. The number of carbonyl (C=O) groups excluding carboxylic acids is 2. The molecule has 2 fully saturated rings. The largest absolute Gasteiger partial charge is 0.436 e. The number of thioether (sulfide) groups is 1. The van der Waals surface area contributed by atoms with Gasteiger partial charge < -0.3 is 24.6 Å². The molecule has 9 heteroatoms. The minimum absolute atomic E-state index is 0.383. The number of nitrogens with one attached hydrogen (secondary N) is 1. The Morgan fingerprint density at radius 3 is 2.54 bits per heavy atom. The molecular weight excluding hydrogens is 356 g/mol. The van der Waals surface area contributed by atoms with Crippen LogP contribution in [0.3, 0.4) is 0 Å². The fourth-order valence-corrected chi connectivity index (χ4v) is 3.44. The molecule has 0 bridgehead atoms. The van der Waals surface area contributed by atoms with Crippen molar-refractivity contribution >= 4 is 23.8 Å². The number of nitriles is 1. The van der Waals surface area contributed by atoms with Crippen LogP contribution >= 0.6 is 11.8 Å². The smallest absolute Gasteiger partial charge is 0.410 e. The highest BCUT2D eigenvalue weighted by Gasteiger charge is 2.38. The lowest BCUT2D eigenvalue weighted by Crippen LogP contribution is -2.57. The third-order valence-corrected chi connectivity index (χ3v) is 5.45. The Balaban J connectivity index is 1.98. The zero-order valence-electron chi connectivity index (χ0n) is 15.5. The minimum Gasteiger partial charge on any atom is -0.436 e. The molecule has 2 amide bonds. The van der Waals surface area contributed by atoms with Crippen LogP contribution in [0.5, 0.6) is 0 Å². The fourth-order valence-electron chi connectivity index (χ4n) is 2.99. The number of amides is 2. The molecule has 2 saturated heterocycles. The van der Waals surface area contributed by atoms with Gasteiger partial charge in [0.2, 0.25) is 0 Å². The molecule has 0 saturated carbocycles. The second-order valence-corrected chi connectivity index (χ2v) is 7.73. The Morgan fingerprint density at radius 1 is 1.31 bits per heavy atom. The second kappa shape index (κ2) is 10.00. The zero-order chi connectivity index (χ0) is 19.0. The number of hydrogen-bond donors (Lipinski definition) is 1. The number of piperidine rings is 1. The first kappa shape index (κ1) is 20.8. The summed E-state index contributed by atoms with van der Waals surface area (Å²) in [5, 5.41) is 12.5. The topological polar surface area (TPSA) is 94.9 Å². The lowest BCUT2D eigenvalue weighted by Gasteiger charge is -2.37. The molecule has 0 aromatic rings. The lowest BCUT2D eigenvalue weighted by molar-refractivity contribution is -0.132. The molecule has 2 rings (SSSR count). The van der Waals surface area contributed by atoms with Crippen molar-refractivity contribution in [3.63, 3.8) is 0 Å². The number of likely N-dealkylation sites (tertiary alicyclic amines) is 1. The van der Waals surface area contributed by atoms with Gasteiger partial charge >= 0.3 is 6.09 Å². The highest BCUT2D eigenvalue weighted by atomic mass is 32.2. The van der Waals surface area contributed by atoms with Crippen LogP contribution in [0.2, 0.25) is 0 Å². The predicted molar refractivity (Wildman–Crippen MR) is 98.9 cm³/mol. The van der Waals surface area contributed by atoms with Crippen molar-refractivity contribution in [1.82, 2.24) is 15.1 Å². The fraction of sp³-hybridized carbons (Fsp3) is 0.824. The summed E-state index contributed by atoms with van der Waals surface area (Å²) >= 11 is 1.58. The van der Waals surface area contributed by atoms with Crippen molar-refractivity contribution in [3.8, 4) is 6.07 Å². The maximum absolute atomic E-state index is 12.8. The third kappa shape index (κ3) is 5.76. The van der Waals surface area contributed by atoms with Gasteiger partial charge in [-0.25, -0.2) is 4.79 Å². The van der Waals surface area contributed by atoms with Crippen molar-refractivity contribution in [3.05, 3.63) is 0 Å². The summed E-state index contributed by atoms with van der Waals surface area (Å²) in [6, 6.07) is 2.27. The summed E-state index contributed by atoms with van der Waals surface area (Å²) in [6.07, 6.45) is 2.11. The minimum atomic E-state index is -0.886. The molecule has 0 aromatic heterocycles. The number of hydrogen-bond acceptors (Lipinski definition) is 7. The van der Waals surface area contributed by atoms with E-state index in [1.807, 2.05) is 13.3 Å². The summed E-state index contributed by atoms with van der Waals surface area (Å²) in [6.45, 7) is 3.37. The number of ether oxygens (including phenoxy) is 2. The van der Waals surface area contributed by atoms with Crippen molar-refractivity contribution in [2.75, 3.05) is 58.4 Å². The van der Waals surface area contributed by atoms with Gasteiger partial charge in [-0.15, -0.1) is 0 Å². The summed E-state index contributed by atoms with van der Waals surface area (Å²) < 4.78 is 10.7. The predicted octanol–water partition coefficient (Wildman–Crippen LogP) is 0.681. The zero-order valence-corrected chi connectivity index (χ0v) is 16.3. The molecule has 0 aliphatic carbocycles. The summed E-state index contributed by atoms with van der Waals surface area (Å²) in [7, 11) is 1.99. The van der Waals surface area contributed by atoms with Crippen LogP contribution in [0.15, 0.2) is 0 Å². The lowest BCUT2D eigenvalue weighted by atomic mass is 9.89. The highest BCUT2D eigenvalue weighted by Crippen LogP contribution is 2.21. The van der Waals surface area contributed by atoms with E-state index in [-0.39, 0.29) is 5.91 Å². The van der Waals surface area contributed by atoms with Crippen LogP contribution in [0, 0.1) is 11.3 Å². The van der Waals surface area contributed by atoms with E-state index in [0.717, 1.165) is 13.1 Å². The van der Waals surface area contributed by atoms with E-state index < -0.39 is 17.7 Å².